The first kappa shape index (κ1) is 7.42. The van der Waals surface area contributed by atoms with Crippen molar-refractivity contribution in [1.82, 2.24) is 5.32 Å². The Balaban J connectivity index is 2.38. The molecule has 0 bridgehead atoms. The molecule has 0 aromatic rings. The van der Waals surface area contributed by atoms with Gasteiger partial charge in [0.2, 0.25) is 0 Å². The van der Waals surface area contributed by atoms with Crippen LogP contribution in [0.3, 0.4) is 0 Å². The third kappa shape index (κ3) is 1.87. The fourth-order valence-electron chi connectivity index (χ4n) is 1.06. The maximum absolute atomic E-state index is 3.46. The van der Waals surface area contributed by atoms with Crippen molar-refractivity contribution in [3.8, 4) is 0 Å². The third-order valence-corrected chi connectivity index (χ3v) is 3.15. The van der Waals surface area contributed by atoms with Gasteiger partial charge in [0.1, 0.15) is 0 Å². The Labute approximate surface area is 61.6 Å². The molecule has 1 aliphatic rings. The SMILES string of the molecule is CCC1NCC(C)(C)S1. The summed E-state index contributed by atoms with van der Waals surface area (Å²) < 4.78 is 0.473. The summed E-state index contributed by atoms with van der Waals surface area (Å²) in [6.07, 6.45) is 1.24. The molecule has 1 fully saturated rings. The summed E-state index contributed by atoms with van der Waals surface area (Å²) in [5.74, 6) is 0. The molecule has 0 aliphatic carbocycles. The second-order valence-corrected chi connectivity index (χ2v) is 5.07. The van der Waals surface area contributed by atoms with E-state index >= 15 is 0 Å². The summed E-state index contributed by atoms with van der Waals surface area (Å²) in [5, 5.41) is 4.17. The van der Waals surface area contributed by atoms with Gasteiger partial charge in [-0.2, -0.15) is 0 Å². The highest BCUT2D eigenvalue weighted by Gasteiger charge is 2.29. The van der Waals surface area contributed by atoms with Crippen molar-refractivity contribution < 1.29 is 0 Å². The van der Waals surface area contributed by atoms with Crippen LogP contribution in [0.1, 0.15) is 27.2 Å². The molecule has 1 nitrogen and oxygen atoms in total. The van der Waals surface area contributed by atoms with E-state index < -0.39 is 0 Å². The predicted octanol–water partition coefficient (Wildman–Crippen LogP) is 1.84. The maximum Gasteiger partial charge on any atom is 0.0535 e. The number of hydrogen-bond acceptors (Lipinski definition) is 2. The van der Waals surface area contributed by atoms with Crippen LogP contribution in [0.5, 0.6) is 0 Å². The lowest BCUT2D eigenvalue weighted by molar-refractivity contribution is 0.614. The van der Waals surface area contributed by atoms with Gasteiger partial charge in [-0.1, -0.05) is 6.92 Å². The molecule has 1 atom stereocenters. The first-order chi connectivity index (χ1) is 4.14. The van der Waals surface area contributed by atoms with E-state index in [1.54, 1.807) is 0 Å². The molecule has 0 amide bonds. The largest absolute Gasteiger partial charge is 0.304 e. The zero-order valence-electron chi connectivity index (χ0n) is 6.40. The average molecular weight is 145 g/mol. The maximum atomic E-state index is 3.46. The van der Waals surface area contributed by atoms with Crippen LogP contribution in [0.4, 0.5) is 0 Å². The minimum atomic E-state index is 0.473. The number of nitrogens with one attached hydrogen (secondary N) is 1. The summed E-state index contributed by atoms with van der Waals surface area (Å²) >= 11 is 2.06. The van der Waals surface area contributed by atoms with Gasteiger partial charge in [0.15, 0.2) is 0 Å². The van der Waals surface area contributed by atoms with Crippen LogP contribution in [-0.4, -0.2) is 16.7 Å². The first-order valence-corrected chi connectivity index (χ1v) is 4.43. The predicted molar refractivity (Wildman–Crippen MR) is 43.8 cm³/mol. The Bertz CT molecular complexity index is 101. The molecule has 0 radical (unpaired) electrons. The summed E-state index contributed by atoms with van der Waals surface area (Å²) in [5.41, 5.74) is 0. The fraction of sp³-hybridized carbons (Fsp3) is 1.00. The molecule has 1 rings (SSSR count). The van der Waals surface area contributed by atoms with Gasteiger partial charge in [0.05, 0.1) is 5.37 Å². The fourth-order valence-corrected chi connectivity index (χ4v) is 2.33. The second kappa shape index (κ2) is 2.51. The molecule has 1 N–H and O–H groups in total. The Hall–Kier alpha value is 0.310. The summed E-state index contributed by atoms with van der Waals surface area (Å²) in [6, 6.07) is 0. The first-order valence-electron chi connectivity index (χ1n) is 3.55. The third-order valence-electron chi connectivity index (χ3n) is 1.59. The number of hydrogen-bond donors (Lipinski definition) is 1. The number of rotatable bonds is 1. The Morgan fingerprint density at radius 1 is 1.67 bits per heavy atom. The van der Waals surface area contributed by atoms with E-state index in [2.05, 4.69) is 37.8 Å². The van der Waals surface area contributed by atoms with Gasteiger partial charge in [0, 0.05) is 11.3 Å². The van der Waals surface area contributed by atoms with Crippen molar-refractivity contribution in [2.75, 3.05) is 6.54 Å². The van der Waals surface area contributed by atoms with E-state index in [4.69, 9.17) is 0 Å². The molecular weight excluding hydrogens is 130 g/mol. The van der Waals surface area contributed by atoms with Gasteiger partial charge in [-0.05, 0) is 20.3 Å². The second-order valence-electron chi connectivity index (χ2n) is 3.16. The summed E-state index contributed by atoms with van der Waals surface area (Å²) in [4.78, 5) is 0. The Morgan fingerprint density at radius 3 is 2.56 bits per heavy atom. The highest BCUT2D eigenvalue weighted by atomic mass is 32.2. The minimum absolute atomic E-state index is 0.473. The van der Waals surface area contributed by atoms with Gasteiger partial charge in [-0.15, -0.1) is 11.8 Å². The van der Waals surface area contributed by atoms with Crippen molar-refractivity contribution >= 4 is 11.8 Å². The van der Waals surface area contributed by atoms with Crippen LogP contribution in [-0.2, 0) is 0 Å². The van der Waals surface area contributed by atoms with Crippen LogP contribution < -0.4 is 5.32 Å². The van der Waals surface area contributed by atoms with Gasteiger partial charge >= 0.3 is 0 Å². The minimum Gasteiger partial charge on any atom is -0.304 e. The van der Waals surface area contributed by atoms with Crippen LogP contribution in [0.15, 0.2) is 0 Å². The molecule has 1 saturated heterocycles. The zero-order valence-corrected chi connectivity index (χ0v) is 7.22. The van der Waals surface area contributed by atoms with Crippen LogP contribution in [0.25, 0.3) is 0 Å². The summed E-state index contributed by atoms with van der Waals surface area (Å²) in [7, 11) is 0. The molecule has 0 aromatic carbocycles. The lowest BCUT2D eigenvalue weighted by atomic mass is 10.2. The van der Waals surface area contributed by atoms with Crippen LogP contribution in [0, 0.1) is 0 Å². The van der Waals surface area contributed by atoms with Gasteiger partial charge in [0.25, 0.3) is 0 Å². The van der Waals surface area contributed by atoms with Gasteiger partial charge < -0.3 is 5.32 Å². The van der Waals surface area contributed by atoms with Crippen LogP contribution in [0.2, 0.25) is 0 Å². The zero-order chi connectivity index (χ0) is 6.91. The quantitative estimate of drug-likeness (QED) is 0.604. The van der Waals surface area contributed by atoms with E-state index in [9.17, 15) is 0 Å². The lowest BCUT2D eigenvalue weighted by Crippen LogP contribution is -2.23. The Morgan fingerprint density at radius 2 is 2.33 bits per heavy atom. The molecule has 9 heavy (non-hydrogen) atoms. The van der Waals surface area contributed by atoms with E-state index in [0.717, 1.165) is 6.54 Å². The molecule has 54 valence electrons. The topological polar surface area (TPSA) is 12.0 Å². The van der Waals surface area contributed by atoms with Crippen molar-refractivity contribution in [3.05, 3.63) is 0 Å². The molecule has 1 aliphatic heterocycles. The summed E-state index contributed by atoms with van der Waals surface area (Å²) in [6.45, 7) is 7.98. The molecule has 0 aromatic heterocycles. The molecular formula is C7H15NS. The van der Waals surface area contributed by atoms with E-state index in [1.165, 1.54) is 6.42 Å². The normalized spacial score (nSPS) is 33.0. The molecule has 1 heterocycles. The van der Waals surface area contributed by atoms with Crippen molar-refractivity contribution in [2.45, 2.75) is 37.3 Å². The van der Waals surface area contributed by atoms with E-state index in [-0.39, 0.29) is 0 Å². The smallest absolute Gasteiger partial charge is 0.0535 e. The van der Waals surface area contributed by atoms with E-state index in [1.807, 2.05) is 0 Å². The molecule has 0 saturated carbocycles. The number of thioether (sulfide) groups is 1. The highest BCUT2D eigenvalue weighted by Crippen LogP contribution is 2.33. The van der Waals surface area contributed by atoms with Gasteiger partial charge in [-0.3, -0.25) is 0 Å². The van der Waals surface area contributed by atoms with Crippen molar-refractivity contribution in [3.63, 3.8) is 0 Å². The monoisotopic (exact) mass is 145 g/mol. The molecule has 1 unspecified atom stereocenters. The van der Waals surface area contributed by atoms with E-state index in [0.29, 0.717) is 10.1 Å². The van der Waals surface area contributed by atoms with Crippen molar-refractivity contribution in [2.24, 2.45) is 0 Å². The average Bonchev–Trinajstić information content (AvgIpc) is 2.10. The molecule has 0 spiro atoms. The standard InChI is InChI=1S/C7H15NS/c1-4-6-8-5-7(2,3)9-6/h6,8H,4-5H2,1-3H3. The lowest BCUT2D eigenvalue weighted by Gasteiger charge is -2.13. The Kier molecular flexibility index (Phi) is 2.07. The van der Waals surface area contributed by atoms with Crippen LogP contribution >= 0.6 is 11.8 Å². The molecule has 2 heteroatoms. The van der Waals surface area contributed by atoms with Crippen molar-refractivity contribution in [1.29, 1.82) is 0 Å². The van der Waals surface area contributed by atoms with Gasteiger partial charge in [-0.25, -0.2) is 0 Å². The highest BCUT2D eigenvalue weighted by molar-refractivity contribution is 8.01.